The lowest BCUT2D eigenvalue weighted by Gasteiger charge is -2.30. The summed E-state index contributed by atoms with van der Waals surface area (Å²) in [5.74, 6) is -2.48. The van der Waals surface area contributed by atoms with Gasteiger partial charge in [-0.3, -0.25) is 14.4 Å². The number of carbonyl (C=O) groups excluding carboxylic acids is 5. The summed E-state index contributed by atoms with van der Waals surface area (Å²) in [6, 6.07) is -1.77. The Morgan fingerprint density at radius 2 is 1.44 bits per heavy atom. The number of carbonyl (C=O) groups is 5. The molecule has 0 radical (unpaired) electrons. The fourth-order valence-corrected chi connectivity index (χ4v) is 2.87. The highest BCUT2D eigenvalue weighted by molar-refractivity contribution is 5.95. The highest BCUT2D eigenvalue weighted by atomic mass is 16.6. The summed E-state index contributed by atoms with van der Waals surface area (Å²) < 4.78 is 9.91. The summed E-state index contributed by atoms with van der Waals surface area (Å²) >= 11 is 0. The smallest absolute Gasteiger partial charge is 0.408 e. The van der Waals surface area contributed by atoms with E-state index in [4.69, 9.17) is 9.47 Å². The molecule has 0 bridgehead atoms. The van der Waals surface area contributed by atoms with E-state index in [2.05, 4.69) is 21.3 Å². The summed E-state index contributed by atoms with van der Waals surface area (Å²) in [5, 5.41) is 10.1. The van der Waals surface area contributed by atoms with Gasteiger partial charge in [-0.2, -0.15) is 0 Å². The zero-order valence-corrected chi connectivity index (χ0v) is 22.1. The van der Waals surface area contributed by atoms with Gasteiger partial charge < -0.3 is 30.7 Å². The molecule has 0 saturated carbocycles. The maximum absolute atomic E-state index is 12.8. The molecule has 0 heterocycles. The van der Waals surface area contributed by atoms with E-state index in [1.807, 2.05) is 13.8 Å². The number of esters is 1. The first-order chi connectivity index (χ1) is 15.4. The molecule has 4 amide bonds. The third-order valence-electron chi connectivity index (χ3n) is 4.56. The minimum atomic E-state index is -1.39. The first-order valence-corrected chi connectivity index (χ1v) is 11.4. The third-order valence-corrected chi connectivity index (χ3v) is 4.56. The van der Waals surface area contributed by atoms with Crippen LogP contribution in [-0.4, -0.2) is 66.7 Å². The van der Waals surface area contributed by atoms with E-state index in [1.165, 1.54) is 21.0 Å². The predicted octanol–water partition coefficient (Wildman–Crippen LogP) is 1.25. The fourth-order valence-electron chi connectivity index (χ4n) is 2.87. The van der Waals surface area contributed by atoms with Gasteiger partial charge in [0, 0.05) is 0 Å². The van der Waals surface area contributed by atoms with Crippen LogP contribution in [0, 0.1) is 11.8 Å². The molecule has 196 valence electrons. The Labute approximate surface area is 202 Å². The number of amides is 4. The second-order valence-electron chi connectivity index (χ2n) is 10.4. The number of hydrogen-bond donors (Lipinski definition) is 4. The Morgan fingerprint density at radius 3 is 1.88 bits per heavy atom. The van der Waals surface area contributed by atoms with Crippen molar-refractivity contribution in [2.75, 3.05) is 13.7 Å². The van der Waals surface area contributed by atoms with E-state index in [9.17, 15) is 24.0 Å². The van der Waals surface area contributed by atoms with Crippen molar-refractivity contribution in [3.8, 4) is 0 Å². The van der Waals surface area contributed by atoms with Crippen LogP contribution in [-0.2, 0) is 28.7 Å². The number of hydrogen-bond acceptors (Lipinski definition) is 7. The fraction of sp³-hybridized carbons (Fsp3) is 0.783. The van der Waals surface area contributed by atoms with Gasteiger partial charge in [0.15, 0.2) is 0 Å². The summed E-state index contributed by atoms with van der Waals surface area (Å²) in [7, 11) is 1.23. The molecule has 4 N–H and O–H groups in total. The molecular formula is C23H42N4O7. The van der Waals surface area contributed by atoms with Gasteiger partial charge in [0.25, 0.3) is 0 Å². The molecule has 0 fully saturated rings. The van der Waals surface area contributed by atoms with E-state index >= 15 is 0 Å². The molecule has 0 aliphatic rings. The van der Waals surface area contributed by atoms with Gasteiger partial charge in [0.1, 0.15) is 23.2 Å². The first-order valence-electron chi connectivity index (χ1n) is 11.4. The van der Waals surface area contributed by atoms with Crippen LogP contribution in [0.5, 0.6) is 0 Å². The largest absolute Gasteiger partial charge is 0.467 e. The Kier molecular flexibility index (Phi) is 12.0. The number of nitrogens with one attached hydrogen (secondary N) is 4. The predicted molar refractivity (Wildman–Crippen MR) is 127 cm³/mol. The summed E-state index contributed by atoms with van der Waals surface area (Å²) in [6.07, 6.45) is -0.364. The van der Waals surface area contributed by atoms with Crippen molar-refractivity contribution < 1.29 is 33.4 Å². The van der Waals surface area contributed by atoms with Crippen molar-refractivity contribution in [1.82, 2.24) is 21.3 Å². The second kappa shape index (κ2) is 13.1. The van der Waals surface area contributed by atoms with Crippen LogP contribution < -0.4 is 21.3 Å². The molecular weight excluding hydrogens is 444 g/mol. The molecule has 0 rings (SSSR count). The Morgan fingerprint density at radius 1 is 0.882 bits per heavy atom. The van der Waals surface area contributed by atoms with Crippen LogP contribution in [0.25, 0.3) is 0 Å². The van der Waals surface area contributed by atoms with Gasteiger partial charge >= 0.3 is 12.1 Å². The van der Waals surface area contributed by atoms with Crippen LogP contribution in [0.1, 0.15) is 68.7 Å². The average molecular weight is 487 g/mol. The number of methoxy groups -OCH3 is 1. The second-order valence-corrected chi connectivity index (χ2v) is 10.4. The lowest BCUT2D eigenvalue weighted by Crippen LogP contribution is -2.61. The molecule has 11 nitrogen and oxygen atoms in total. The molecule has 34 heavy (non-hydrogen) atoms. The van der Waals surface area contributed by atoms with E-state index in [0.717, 1.165) is 0 Å². The topological polar surface area (TPSA) is 152 Å². The van der Waals surface area contributed by atoms with Crippen LogP contribution in [0.4, 0.5) is 4.79 Å². The van der Waals surface area contributed by atoms with Crippen molar-refractivity contribution in [3.05, 3.63) is 0 Å². The lowest BCUT2D eigenvalue weighted by atomic mass is 9.99. The highest BCUT2D eigenvalue weighted by Gasteiger charge is 2.35. The monoisotopic (exact) mass is 486 g/mol. The van der Waals surface area contributed by atoms with Crippen molar-refractivity contribution >= 4 is 29.8 Å². The Bertz CT molecular complexity index is 742. The molecule has 0 aromatic heterocycles. The lowest BCUT2D eigenvalue weighted by molar-refractivity contribution is -0.145. The maximum atomic E-state index is 12.8. The van der Waals surface area contributed by atoms with Gasteiger partial charge in [-0.25, -0.2) is 9.59 Å². The van der Waals surface area contributed by atoms with Crippen molar-refractivity contribution in [1.29, 1.82) is 0 Å². The molecule has 11 heteroatoms. The van der Waals surface area contributed by atoms with E-state index in [-0.39, 0.29) is 11.8 Å². The van der Waals surface area contributed by atoms with E-state index < -0.39 is 59.6 Å². The van der Waals surface area contributed by atoms with Gasteiger partial charge in [-0.15, -0.1) is 0 Å². The standard InChI is InChI=1S/C23H42N4O7/c1-13(2)11-15(19(30)33-10)25-16(28)12-24-20(31)23(8,9)27-18(29)17(14(3)4)26-21(32)34-22(5,6)7/h13-15,17H,11-12H2,1-10H3,(H,24,31)(H,25,28)(H,26,32)(H,27,29)/t15-,17-/m0/s1. The molecule has 0 aromatic rings. The summed E-state index contributed by atoms with van der Waals surface area (Å²) in [6.45, 7) is 15.0. The third kappa shape index (κ3) is 11.9. The normalized spacial score (nSPS) is 13.5. The average Bonchev–Trinajstić information content (AvgIpc) is 2.66. The van der Waals surface area contributed by atoms with Gasteiger partial charge in [0.05, 0.1) is 13.7 Å². The van der Waals surface area contributed by atoms with E-state index in [1.54, 1.807) is 34.6 Å². The van der Waals surface area contributed by atoms with Gasteiger partial charge in [0.2, 0.25) is 17.7 Å². The minimum absolute atomic E-state index is 0.135. The number of alkyl carbamates (subject to hydrolysis) is 1. The molecule has 0 unspecified atom stereocenters. The Balaban J connectivity index is 5.03. The molecule has 0 aliphatic heterocycles. The molecule has 0 spiro atoms. The molecule has 0 aliphatic carbocycles. The van der Waals surface area contributed by atoms with Crippen LogP contribution >= 0.6 is 0 Å². The zero-order valence-electron chi connectivity index (χ0n) is 22.1. The Hall–Kier alpha value is -2.85. The van der Waals surface area contributed by atoms with Gasteiger partial charge in [-0.1, -0.05) is 27.7 Å². The van der Waals surface area contributed by atoms with Crippen molar-refractivity contribution in [3.63, 3.8) is 0 Å². The quantitative estimate of drug-likeness (QED) is 0.321. The molecule has 0 aromatic carbocycles. The SMILES string of the molecule is COC(=O)[C@H](CC(C)C)NC(=O)CNC(=O)C(C)(C)NC(=O)[C@@H](NC(=O)OC(C)(C)C)C(C)C. The van der Waals surface area contributed by atoms with Crippen molar-refractivity contribution in [2.45, 2.75) is 92.0 Å². The number of rotatable bonds is 11. The zero-order chi connectivity index (χ0) is 26.9. The van der Waals surface area contributed by atoms with Crippen LogP contribution in [0.15, 0.2) is 0 Å². The minimum Gasteiger partial charge on any atom is -0.467 e. The molecule has 2 atom stereocenters. The van der Waals surface area contributed by atoms with Crippen LogP contribution in [0.3, 0.4) is 0 Å². The first kappa shape index (κ1) is 31.1. The molecule has 0 saturated heterocycles. The van der Waals surface area contributed by atoms with Gasteiger partial charge in [-0.05, 0) is 52.9 Å². The van der Waals surface area contributed by atoms with Crippen LogP contribution in [0.2, 0.25) is 0 Å². The summed E-state index contributed by atoms with van der Waals surface area (Å²) in [4.78, 5) is 61.7. The van der Waals surface area contributed by atoms with Crippen molar-refractivity contribution in [2.24, 2.45) is 11.8 Å². The number of ether oxygens (including phenoxy) is 2. The van der Waals surface area contributed by atoms with E-state index in [0.29, 0.717) is 6.42 Å². The maximum Gasteiger partial charge on any atom is 0.408 e. The summed E-state index contributed by atoms with van der Waals surface area (Å²) in [5.41, 5.74) is -2.12. The highest BCUT2D eigenvalue weighted by Crippen LogP contribution is 2.11.